The highest BCUT2D eigenvalue weighted by Gasteiger charge is 2.27. The summed E-state index contributed by atoms with van der Waals surface area (Å²) >= 11 is 0. The minimum atomic E-state index is 0.0997. The quantitative estimate of drug-likeness (QED) is 0.675. The lowest BCUT2D eigenvalue weighted by atomic mass is 10.0. The van der Waals surface area contributed by atoms with Crippen LogP contribution < -0.4 is 14.4 Å². The van der Waals surface area contributed by atoms with E-state index in [1.165, 1.54) is 16.7 Å². The molecule has 138 valence electrons. The van der Waals surface area contributed by atoms with Crippen molar-refractivity contribution in [1.82, 2.24) is 4.98 Å². The third-order valence-corrected chi connectivity index (χ3v) is 4.88. The summed E-state index contributed by atoms with van der Waals surface area (Å²) in [4.78, 5) is 6.86. The van der Waals surface area contributed by atoms with Crippen LogP contribution in [0.15, 0.2) is 66.9 Å². The number of pyridine rings is 1. The Kier molecular flexibility index (Phi) is 4.97. The maximum absolute atomic E-state index is 6.25. The molecule has 0 spiro atoms. The molecular formula is C23H24N2O2. The molecule has 0 N–H and O–H groups in total. The van der Waals surface area contributed by atoms with Gasteiger partial charge in [0.15, 0.2) is 11.6 Å². The Bertz CT molecular complexity index is 891. The van der Waals surface area contributed by atoms with Gasteiger partial charge >= 0.3 is 0 Å². The van der Waals surface area contributed by atoms with Crippen molar-refractivity contribution in [3.63, 3.8) is 0 Å². The summed E-state index contributed by atoms with van der Waals surface area (Å²) in [5.74, 6) is 2.64. The van der Waals surface area contributed by atoms with Crippen LogP contribution in [0.1, 0.15) is 16.7 Å². The lowest BCUT2D eigenvalue weighted by Crippen LogP contribution is -2.41. The molecule has 2 heterocycles. The predicted molar refractivity (Wildman–Crippen MR) is 108 cm³/mol. The van der Waals surface area contributed by atoms with Gasteiger partial charge in [0.25, 0.3) is 0 Å². The molecule has 0 fully saturated rings. The fourth-order valence-corrected chi connectivity index (χ4v) is 3.44. The summed E-state index contributed by atoms with van der Waals surface area (Å²) in [6.07, 6.45) is 2.81. The van der Waals surface area contributed by atoms with Crippen LogP contribution >= 0.6 is 0 Å². The van der Waals surface area contributed by atoms with Gasteiger partial charge in [0.1, 0.15) is 11.9 Å². The van der Waals surface area contributed by atoms with Crippen LogP contribution in [0.25, 0.3) is 0 Å². The Hall–Kier alpha value is -3.01. The number of aromatic nitrogens is 1. The van der Waals surface area contributed by atoms with Gasteiger partial charge in [-0.25, -0.2) is 4.98 Å². The van der Waals surface area contributed by atoms with Gasteiger partial charge in [0.2, 0.25) is 0 Å². The molecular weight excluding hydrogens is 336 g/mol. The molecule has 4 heteroatoms. The molecule has 1 unspecified atom stereocenters. The Labute approximate surface area is 160 Å². The summed E-state index contributed by atoms with van der Waals surface area (Å²) in [7, 11) is 1.69. The Morgan fingerprint density at radius 2 is 1.78 bits per heavy atom. The van der Waals surface area contributed by atoms with E-state index in [0.29, 0.717) is 0 Å². The van der Waals surface area contributed by atoms with Crippen molar-refractivity contribution in [3.05, 3.63) is 83.6 Å². The van der Waals surface area contributed by atoms with E-state index in [1.54, 1.807) is 7.11 Å². The van der Waals surface area contributed by atoms with E-state index < -0.39 is 0 Å². The second-order valence-corrected chi connectivity index (χ2v) is 6.98. The number of hydrogen-bond acceptors (Lipinski definition) is 4. The summed E-state index contributed by atoms with van der Waals surface area (Å²) < 4.78 is 11.5. The van der Waals surface area contributed by atoms with E-state index >= 15 is 0 Å². The Morgan fingerprint density at radius 1 is 1.04 bits per heavy atom. The van der Waals surface area contributed by atoms with E-state index in [4.69, 9.17) is 9.47 Å². The monoisotopic (exact) mass is 360 g/mol. The standard InChI is InChI=1S/C23H24N2O2/c1-17-5-7-18(8-6-17)14-21-16-25(23-22(27-21)4-3-13-24-23)15-19-9-11-20(26-2)12-10-19/h3-13,21H,14-16H2,1-2H3. The number of nitrogens with zero attached hydrogens (tertiary/aromatic N) is 2. The van der Waals surface area contributed by atoms with Gasteiger partial charge in [-0.1, -0.05) is 42.0 Å². The first-order valence-electron chi connectivity index (χ1n) is 9.26. The Morgan fingerprint density at radius 3 is 2.52 bits per heavy atom. The summed E-state index contributed by atoms with van der Waals surface area (Å²) in [5, 5.41) is 0. The van der Waals surface area contributed by atoms with Crippen molar-refractivity contribution < 1.29 is 9.47 Å². The molecule has 1 aliphatic rings. The number of fused-ring (bicyclic) bond motifs is 1. The molecule has 0 aliphatic carbocycles. The molecule has 1 aromatic heterocycles. The van der Waals surface area contributed by atoms with E-state index in [2.05, 4.69) is 53.2 Å². The van der Waals surface area contributed by atoms with Crippen molar-refractivity contribution in [2.24, 2.45) is 0 Å². The number of benzene rings is 2. The van der Waals surface area contributed by atoms with Crippen molar-refractivity contribution in [3.8, 4) is 11.5 Å². The smallest absolute Gasteiger partial charge is 0.171 e. The fraction of sp³-hybridized carbons (Fsp3) is 0.261. The minimum Gasteiger partial charge on any atom is -0.497 e. The number of ether oxygens (including phenoxy) is 2. The molecule has 0 saturated carbocycles. The van der Waals surface area contributed by atoms with Crippen molar-refractivity contribution in [1.29, 1.82) is 0 Å². The van der Waals surface area contributed by atoms with Crippen LogP contribution in [0.2, 0.25) is 0 Å². The molecule has 1 aliphatic heterocycles. The first-order chi connectivity index (χ1) is 13.2. The van der Waals surface area contributed by atoms with Crippen molar-refractivity contribution in [2.75, 3.05) is 18.6 Å². The van der Waals surface area contributed by atoms with Crippen LogP contribution in [-0.4, -0.2) is 24.7 Å². The summed E-state index contributed by atoms with van der Waals surface area (Å²) in [5.41, 5.74) is 3.80. The third-order valence-electron chi connectivity index (χ3n) is 4.88. The zero-order valence-electron chi connectivity index (χ0n) is 15.8. The first-order valence-corrected chi connectivity index (χ1v) is 9.26. The maximum Gasteiger partial charge on any atom is 0.171 e. The van der Waals surface area contributed by atoms with Crippen molar-refractivity contribution >= 4 is 5.82 Å². The molecule has 4 nitrogen and oxygen atoms in total. The van der Waals surface area contributed by atoms with Crippen LogP contribution in [-0.2, 0) is 13.0 Å². The van der Waals surface area contributed by atoms with E-state index in [0.717, 1.165) is 36.8 Å². The summed E-state index contributed by atoms with van der Waals surface area (Å²) in [6.45, 7) is 3.71. The molecule has 0 bridgehead atoms. The zero-order chi connectivity index (χ0) is 18.6. The predicted octanol–water partition coefficient (Wildman–Crippen LogP) is 4.41. The highest BCUT2D eigenvalue weighted by molar-refractivity contribution is 5.54. The molecule has 2 aromatic carbocycles. The van der Waals surface area contributed by atoms with Gasteiger partial charge in [0, 0.05) is 19.2 Å². The van der Waals surface area contributed by atoms with Crippen LogP contribution in [0, 0.1) is 6.92 Å². The third kappa shape index (κ3) is 4.05. The fourth-order valence-electron chi connectivity index (χ4n) is 3.44. The SMILES string of the molecule is COc1ccc(CN2CC(Cc3ccc(C)cc3)Oc3cccnc32)cc1. The normalized spacial score (nSPS) is 15.8. The molecule has 1 atom stereocenters. The lowest BCUT2D eigenvalue weighted by molar-refractivity contribution is 0.191. The van der Waals surface area contributed by atoms with Crippen molar-refractivity contribution in [2.45, 2.75) is 26.0 Å². The number of aryl methyl sites for hydroxylation is 1. The zero-order valence-corrected chi connectivity index (χ0v) is 15.8. The molecule has 3 aromatic rings. The van der Waals surface area contributed by atoms with Gasteiger partial charge in [-0.05, 0) is 42.3 Å². The van der Waals surface area contributed by atoms with Gasteiger partial charge < -0.3 is 14.4 Å². The molecule has 0 saturated heterocycles. The topological polar surface area (TPSA) is 34.6 Å². The second-order valence-electron chi connectivity index (χ2n) is 6.98. The van der Waals surface area contributed by atoms with E-state index in [-0.39, 0.29) is 6.10 Å². The average Bonchev–Trinajstić information content (AvgIpc) is 2.70. The van der Waals surface area contributed by atoms with Gasteiger partial charge in [-0.2, -0.15) is 0 Å². The van der Waals surface area contributed by atoms with E-state index in [9.17, 15) is 0 Å². The number of rotatable bonds is 5. The minimum absolute atomic E-state index is 0.0997. The molecule has 0 radical (unpaired) electrons. The highest BCUT2D eigenvalue weighted by Crippen LogP contribution is 2.33. The average molecular weight is 360 g/mol. The van der Waals surface area contributed by atoms with Crippen LogP contribution in [0.4, 0.5) is 5.82 Å². The van der Waals surface area contributed by atoms with Crippen LogP contribution in [0.5, 0.6) is 11.5 Å². The largest absolute Gasteiger partial charge is 0.497 e. The Balaban J connectivity index is 1.54. The van der Waals surface area contributed by atoms with Crippen LogP contribution in [0.3, 0.4) is 0 Å². The summed E-state index contributed by atoms with van der Waals surface area (Å²) in [6, 6.07) is 20.8. The van der Waals surface area contributed by atoms with E-state index in [1.807, 2.05) is 30.5 Å². The maximum atomic E-state index is 6.25. The molecule has 27 heavy (non-hydrogen) atoms. The second kappa shape index (κ2) is 7.70. The highest BCUT2D eigenvalue weighted by atomic mass is 16.5. The molecule has 4 rings (SSSR count). The first kappa shape index (κ1) is 17.4. The number of anilines is 1. The number of hydrogen-bond donors (Lipinski definition) is 0. The lowest BCUT2D eigenvalue weighted by Gasteiger charge is -2.35. The molecule has 0 amide bonds. The van der Waals surface area contributed by atoms with Gasteiger partial charge in [0.05, 0.1) is 13.7 Å². The number of methoxy groups -OCH3 is 1. The van der Waals surface area contributed by atoms with Gasteiger partial charge in [-0.3, -0.25) is 0 Å². The van der Waals surface area contributed by atoms with Gasteiger partial charge in [-0.15, -0.1) is 0 Å².